The molecule has 0 radical (unpaired) electrons. The molecule has 0 amide bonds. The molecule has 1 aliphatic heterocycles. The number of hydrogen-bond acceptors (Lipinski definition) is 3. The van der Waals surface area contributed by atoms with Crippen LogP contribution in [0.1, 0.15) is 28.9 Å². The second-order valence-corrected chi connectivity index (χ2v) is 4.68. The van der Waals surface area contributed by atoms with Gasteiger partial charge in [0.1, 0.15) is 5.69 Å². The number of carbonyl (C=O) groups is 1. The number of aromatic nitrogens is 2. The first-order chi connectivity index (χ1) is 8.66. The van der Waals surface area contributed by atoms with Crippen LogP contribution < -0.4 is 5.73 Å². The minimum Gasteiger partial charge on any atom is -0.398 e. The van der Waals surface area contributed by atoms with E-state index in [-0.39, 0.29) is 5.78 Å². The zero-order valence-corrected chi connectivity index (χ0v) is 10.3. The predicted molar refractivity (Wildman–Crippen MR) is 70.4 cm³/mol. The number of ketones is 1. The van der Waals surface area contributed by atoms with Crippen LogP contribution in [0, 0.1) is 6.92 Å². The summed E-state index contributed by atoms with van der Waals surface area (Å²) in [5.41, 5.74) is 10.2. The van der Waals surface area contributed by atoms with Crippen LogP contribution in [0.3, 0.4) is 0 Å². The van der Waals surface area contributed by atoms with Crippen molar-refractivity contribution in [2.24, 2.45) is 0 Å². The van der Waals surface area contributed by atoms with Gasteiger partial charge in [0, 0.05) is 24.2 Å². The fraction of sp³-hybridized carbons (Fsp3) is 0.286. The van der Waals surface area contributed by atoms with Crippen LogP contribution >= 0.6 is 0 Å². The van der Waals surface area contributed by atoms with Gasteiger partial charge in [-0.3, -0.25) is 9.48 Å². The Kier molecular flexibility index (Phi) is 2.44. The SMILES string of the molecule is Cc1c(N)cccc1-c1cc2n(n1)CCCC2=O. The number of aryl methyl sites for hydroxylation is 1. The van der Waals surface area contributed by atoms with E-state index < -0.39 is 0 Å². The quantitative estimate of drug-likeness (QED) is 0.780. The third-order valence-corrected chi connectivity index (χ3v) is 3.49. The lowest BCUT2D eigenvalue weighted by molar-refractivity contribution is 0.0951. The average molecular weight is 241 g/mol. The summed E-state index contributed by atoms with van der Waals surface area (Å²) in [5, 5.41) is 4.51. The van der Waals surface area contributed by atoms with E-state index in [1.165, 1.54) is 0 Å². The number of anilines is 1. The molecule has 2 heterocycles. The Morgan fingerprint density at radius 2 is 2.22 bits per heavy atom. The molecule has 0 fully saturated rings. The van der Waals surface area contributed by atoms with E-state index in [1.807, 2.05) is 35.9 Å². The normalized spacial score (nSPS) is 14.6. The van der Waals surface area contributed by atoms with E-state index >= 15 is 0 Å². The molecular weight excluding hydrogens is 226 g/mol. The standard InChI is InChI=1S/C14H15N3O/c1-9-10(4-2-5-11(9)15)12-8-13-14(18)6-3-7-17(13)16-12/h2,4-5,8H,3,6-7,15H2,1H3. The van der Waals surface area contributed by atoms with Crippen molar-refractivity contribution in [2.45, 2.75) is 26.3 Å². The summed E-state index contributed by atoms with van der Waals surface area (Å²) >= 11 is 0. The Hall–Kier alpha value is -2.10. The Labute approximate surface area is 105 Å². The molecule has 4 heteroatoms. The fourth-order valence-corrected chi connectivity index (χ4v) is 2.39. The van der Waals surface area contributed by atoms with Crippen LogP contribution in [0.5, 0.6) is 0 Å². The van der Waals surface area contributed by atoms with Crippen molar-refractivity contribution in [1.82, 2.24) is 9.78 Å². The molecule has 0 spiro atoms. The topological polar surface area (TPSA) is 60.9 Å². The molecule has 3 rings (SSSR count). The molecule has 0 saturated heterocycles. The summed E-state index contributed by atoms with van der Waals surface area (Å²) in [6.07, 6.45) is 1.50. The van der Waals surface area contributed by atoms with Crippen LogP contribution in [-0.2, 0) is 6.54 Å². The number of nitrogens with two attached hydrogens (primary N) is 1. The molecule has 1 aromatic carbocycles. The van der Waals surface area contributed by atoms with Gasteiger partial charge in [-0.15, -0.1) is 0 Å². The van der Waals surface area contributed by atoms with Crippen molar-refractivity contribution >= 4 is 11.5 Å². The van der Waals surface area contributed by atoms with Crippen molar-refractivity contribution in [2.75, 3.05) is 5.73 Å². The zero-order chi connectivity index (χ0) is 12.7. The lowest BCUT2D eigenvalue weighted by atomic mass is 10.0. The highest BCUT2D eigenvalue weighted by Gasteiger charge is 2.20. The number of benzene rings is 1. The molecule has 0 saturated carbocycles. The van der Waals surface area contributed by atoms with Crippen molar-refractivity contribution < 1.29 is 4.79 Å². The number of fused-ring (bicyclic) bond motifs is 1. The highest BCUT2D eigenvalue weighted by atomic mass is 16.1. The van der Waals surface area contributed by atoms with Crippen LogP contribution in [0.2, 0.25) is 0 Å². The van der Waals surface area contributed by atoms with Gasteiger partial charge < -0.3 is 5.73 Å². The summed E-state index contributed by atoms with van der Waals surface area (Å²) in [6.45, 7) is 2.80. The summed E-state index contributed by atoms with van der Waals surface area (Å²) < 4.78 is 1.81. The Morgan fingerprint density at radius 1 is 1.39 bits per heavy atom. The maximum Gasteiger partial charge on any atom is 0.180 e. The van der Waals surface area contributed by atoms with Gasteiger partial charge in [-0.25, -0.2) is 0 Å². The van der Waals surface area contributed by atoms with Gasteiger partial charge in [0.25, 0.3) is 0 Å². The number of Topliss-reactive ketones (excluding diaryl/α,β-unsaturated/α-hetero) is 1. The van der Waals surface area contributed by atoms with Gasteiger partial charge in [-0.1, -0.05) is 12.1 Å². The Morgan fingerprint density at radius 3 is 3.00 bits per heavy atom. The third kappa shape index (κ3) is 1.61. The van der Waals surface area contributed by atoms with Crippen molar-refractivity contribution in [3.63, 3.8) is 0 Å². The van der Waals surface area contributed by atoms with Gasteiger partial charge >= 0.3 is 0 Å². The molecule has 0 atom stereocenters. The highest BCUT2D eigenvalue weighted by molar-refractivity contribution is 5.96. The Balaban J connectivity index is 2.13. The zero-order valence-electron chi connectivity index (χ0n) is 10.3. The first kappa shape index (κ1) is 11.0. The number of hydrogen-bond donors (Lipinski definition) is 1. The first-order valence-corrected chi connectivity index (χ1v) is 6.13. The van der Waals surface area contributed by atoms with Crippen LogP contribution in [-0.4, -0.2) is 15.6 Å². The van der Waals surface area contributed by atoms with E-state index in [0.717, 1.165) is 41.2 Å². The number of carbonyl (C=O) groups excluding carboxylic acids is 1. The Bertz CT molecular complexity index is 628. The maximum absolute atomic E-state index is 11.8. The van der Waals surface area contributed by atoms with Crippen LogP contribution in [0.25, 0.3) is 11.3 Å². The van der Waals surface area contributed by atoms with Crippen molar-refractivity contribution in [3.05, 3.63) is 35.5 Å². The monoisotopic (exact) mass is 241 g/mol. The minimum atomic E-state index is 0.182. The molecule has 1 aromatic heterocycles. The fourth-order valence-electron chi connectivity index (χ4n) is 2.39. The molecule has 1 aliphatic rings. The molecule has 2 aromatic rings. The van der Waals surface area contributed by atoms with E-state index in [0.29, 0.717) is 6.42 Å². The van der Waals surface area contributed by atoms with E-state index in [1.54, 1.807) is 0 Å². The molecule has 0 aliphatic carbocycles. The lowest BCUT2D eigenvalue weighted by Crippen LogP contribution is -2.16. The highest BCUT2D eigenvalue weighted by Crippen LogP contribution is 2.28. The molecular formula is C14H15N3O. The smallest absolute Gasteiger partial charge is 0.180 e. The van der Waals surface area contributed by atoms with E-state index in [2.05, 4.69) is 5.10 Å². The molecule has 2 N–H and O–H groups in total. The van der Waals surface area contributed by atoms with Gasteiger partial charge in [0.05, 0.1) is 5.69 Å². The molecule has 0 unspecified atom stereocenters. The van der Waals surface area contributed by atoms with Gasteiger partial charge in [-0.2, -0.15) is 5.10 Å². The average Bonchev–Trinajstić information content (AvgIpc) is 2.78. The molecule has 18 heavy (non-hydrogen) atoms. The minimum absolute atomic E-state index is 0.182. The molecule has 0 bridgehead atoms. The first-order valence-electron chi connectivity index (χ1n) is 6.13. The van der Waals surface area contributed by atoms with Crippen LogP contribution in [0.15, 0.2) is 24.3 Å². The second kappa shape index (κ2) is 3.98. The summed E-state index contributed by atoms with van der Waals surface area (Å²) in [5.74, 6) is 0.182. The van der Waals surface area contributed by atoms with Crippen molar-refractivity contribution in [1.29, 1.82) is 0 Å². The molecule has 4 nitrogen and oxygen atoms in total. The predicted octanol–water partition coefficient (Wildman–Crippen LogP) is 2.42. The number of nitrogens with zero attached hydrogens (tertiary/aromatic N) is 2. The lowest BCUT2D eigenvalue weighted by Gasteiger charge is -2.10. The van der Waals surface area contributed by atoms with Gasteiger partial charge in [0.15, 0.2) is 5.78 Å². The molecule has 92 valence electrons. The summed E-state index contributed by atoms with van der Waals surface area (Å²) in [7, 11) is 0. The summed E-state index contributed by atoms with van der Waals surface area (Å²) in [4.78, 5) is 11.8. The van der Waals surface area contributed by atoms with Crippen molar-refractivity contribution in [3.8, 4) is 11.3 Å². The van der Waals surface area contributed by atoms with E-state index in [4.69, 9.17) is 5.73 Å². The van der Waals surface area contributed by atoms with E-state index in [9.17, 15) is 4.79 Å². The van der Waals surface area contributed by atoms with Gasteiger partial charge in [-0.05, 0) is 31.0 Å². The summed E-state index contributed by atoms with van der Waals surface area (Å²) in [6, 6.07) is 7.66. The van der Waals surface area contributed by atoms with Gasteiger partial charge in [0.2, 0.25) is 0 Å². The largest absolute Gasteiger partial charge is 0.398 e. The second-order valence-electron chi connectivity index (χ2n) is 4.68. The maximum atomic E-state index is 11.8. The third-order valence-electron chi connectivity index (χ3n) is 3.49. The number of rotatable bonds is 1. The number of nitrogen functional groups attached to an aromatic ring is 1. The van der Waals surface area contributed by atoms with Crippen LogP contribution in [0.4, 0.5) is 5.69 Å².